The lowest BCUT2D eigenvalue weighted by Gasteiger charge is -2.17. The molecule has 1 heterocycles. The summed E-state index contributed by atoms with van der Waals surface area (Å²) >= 11 is 1.07. The number of nitrogens with one attached hydrogen (secondary N) is 1. The van der Waals surface area contributed by atoms with Crippen LogP contribution in [-0.4, -0.2) is 26.0 Å². The molecule has 0 radical (unpaired) electrons. The molecule has 0 bridgehead atoms. The maximum atomic E-state index is 12.7. The van der Waals surface area contributed by atoms with Gasteiger partial charge in [0.05, 0.1) is 10.8 Å². The van der Waals surface area contributed by atoms with Gasteiger partial charge in [-0.2, -0.15) is 13.2 Å². The summed E-state index contributed by atoms with van der Waals surface area (Å²) in [6.45, 7) is 7.40. The Morgan fingerprint density at radius 2 is 1.92 bits per heavy atom. The molecule has 1 aromatic carbocycles. The third-order valence-electron chi connectivity index (χ3n) is 3.44. The molecule has 6 nitrogen and oxygen atoms in total. The third kappa shape index (κ3) is 4.69. The fourth-order valence-corrected chi connectivity index (χ4v) is 2.87. The molecule has 0 aliphatic heterocycles. The standard InChI is InChI=1S/C16H20F3N5OS/c1-9(26-14-23-22-13(24(14)20)15(2,3)4)12(25)21-11-7-5-6-10(8-11)16(17,18)19/h5-9H,20H2,1-4H3,(H,21,25). The highest BCUT2D eigenvalue weighted by Gasteiger charge is 2.31. The average Bonchev–Trinajstić information content (AvgIpc) is 2.87. The van der Waals surface area contributed by atoms with Crippen LogP contribution in [0.2, 0.25) is 0 Å². The van der Waals surface area contributed by atoms with E-state index in [4.69, 9.17) is 5.84 Å². The average molecular weight is 387 g/mol. The number of nitrogens with two attached hydrogens (primary N) is 1. The minimum atomic E-state index is -4.47. The SMILES string of the molecule is CC(Sc1nnc(C(C)(C)C)n1N)C(=O)Nc1cccc(C(F)(F)F)c1. The first-order chi connectivity index (χ1) is 11.9. The van der Waals surface area contributed by atoms with Crippen LogP contribution in [-0.2, 0) is 16.4 Å². The van der Waals surface area contributed by atoms with Gasteiger partial charge >= 0.3 is 6.18 Å². The maximum absolute atomic E-state index is 12.7. The van der Waals surface area contributed by atoms with E-state index in [-0.39, 0.29) is 11.1 Å². The molecule has 1 atom stereocenters. The van der Waals surface area contributed by atoms with E-state index in [1.165, 1.54) is 16.8 Å². The molecule has 0 saturated heterocycles. The summed E-state index contributed by atoms with van der Waals surface area (Å²) in [5, 5.41) is 10.2. The number of hydrogen-bond acceptors (Lipinski definition) is 5. The van der Waals surface area contributed by atoms with Crippen LogP contribution in [0.25, 0.3) is 0 Å². The fourth-order valence-electron chi connectivity index (χ4n) is 2.10. The van der Waals surface area contributed by atoms with E-state index < -0.39 is 22.9 Å². The number of carbonyl (C=O) groups excluding carboxylic acids is 1. The molecule has 0 aliphatic rings. The van der Waals surface area contributed by atoms with Crippen molar-refractivity contribution in [3.8, 4) is 0 Å². The number of carbonyl (C=O) groups is 1. The number of benzene rings is 1. The quantitative estimate of drug-likeness (QED) is 0.620. The predicted octanol–water partition coefficient (Wildman–Crippen LogP) is 3.43. The van der Waals surface area contributed by atoms with Gasteiger partial charge in [0.1, 0.15) is 0 Å². The summed E-state index contributed by atoms with van der Waals surface area (Å²) in [6, 6.07) is 4.47. The number of nitrogen functional groups attached to an aromatic ring is 1. The zero-order valence-corrected chi connectivity index (χ0v) is 15.6. The summed E-state index contributed by atoms with van der Waals surface area (Å²) in [5.74, 6) is 6.07. The summed E-state index contributed by atoms with van der Waals surface area (Å²) in [6.07, 6.45) is -4.47. The molecule has 2 aromatic rings. The first-order valence-electron chi connectivity index (χ1n) is 7.75. The molecule has 1 amide bonds. The van der Waals surface area contributed by atoms with Crippen molar-refractivity contribution in [2.45, 2.75) is 49.7 Å². The molecule has 3 N–H and O–H groups in total. The van der Waals surface area contributed by atoms with Crippen LogP contribution in [0.5, 0.6) is 0 Å². The summed E-state index contributed by atoms with van der Waals surface area (Å²) in [4.78, 5) is 12.3. The Labute approximate surface area is 153 Å². The number of rotatable bonds is 4. The highest BCUT2D eigenvalue weighted by Crippen LogP contribution is 2.31. The van der Waals surface area contributed by atoms with Crippen LogP contribution < -0.4 is 11.2 Å². The van der Waals surface area contributed by atoms with Gasteiger partial charge in [-0.15, -0.1) is 10.2 Å². The molecule has 2 rings (SSSR count). The van der Waals surface area contributed by atoms with Crippen molar-refractivity contribution in [1.82, 2.24) is 14.9 Å². The Morgan fingerprint density at radius 3 is 2.46 bits per heavy atom. The largest absolute Gasteiger partial charge is 0.416 e. The van der Waals surface area contributed by atoms with E-state index in [1.54, 1.807) is 6.92 Å². The molecule has 10 heteroatoms. The number of thioether (sulfide) groups is 1. The van der Waals surface area contributed by atoms with Crippen molar-refractivity contribution in [3.05, 3.63) is 35.7 Å². The number of alkyl halides is 3. The second kappa shape index (κ2) is 7.18. The predicted molar refractivity (Wildman–Crippen MR) is 94.3 cm³/mol. The number of anilines is 1. The van der Waals surface area contributed by atoms with Crippen molar-refractivity contribution >= 4 is 23.4 Å². The lowest BCUT2D eigenvalue weighted by atomic mass is 9.96. The molecule has 0 aliphatic carbocycles. The zero-order valence-electron chi connectivity index (χ0n) is 14.8. The van der Waals surface area contributed by atoms with Crippen molar-refractivity contribution < 1.29 is 18.0 Å². The molecular formula is C16H20F3N5OS. The van der Waals surface area contributed by atoms with E-state index in [0.717, 1.165) is 23.9 Å². The summed E-state index contributed by atoms with van der Waals surface area (Å²) in [5.41, 5.74) is -1.07. The summed E-state index contributed by atoms with van der Waals surface area (Å²) in [7, 11) is 0. The Kier molecular flexibility index (Phi) is 5.55. The van der Waals surface area contributed by atoms with Gasteiger partial charge in [-0.1, -0.05) is 38.6 Å². The van der Waals surface area contributed by atoms with Gasteiger partial charge in [-0.3, -0.25) is 4.79 Å². The Bertz CT molecular complexity index is 798. The van der Waals surface area contributed by atoms with Gasteiger partial charge in [0.25, 0.3) is 0 Å². The van der Waals surface area contributed by atoms with Crippen LogP contribution in [0.4, 0.5) is 18.9 Å². The first kappa shape index (κ1) is 20.1. The first-order valence-corrected chi connectivity index (χ1v) is 8.63. The lowest BCUT2D eigenvalue weighted by Crippen LogP contribution is -2.26. The molecule has 142 valence electrons. The number of amides is 1. The van der Waals surface area contributed by atoms with E-state index in [1.807, 2.05) is 20.8 Å². The maximum Gasteiger partial charge on any atom is 0.416 e. The Morgan fingerprint density at radius 1 is 1.27 bits per heavy atom. The molecular weight excluding hydrogens is 367 g/mol. The van der Waals surface area contributed by atoms with Gasteiger partial charge in [-0.25, -0.2) is 4.68 Å². The number of aromatic nitrogens is 3. The second-order valence-corrected chi connectivity index (χ2v) is 8.06. The normalized spacial score (nSPS) is 13.5. The molecule has 26 heavy (non-hydrogen) atoms. The van der Waals surface area contributed by atoms with Crippen LogP contribution in [0.15, 0.2) is 29.4 Å². The van der Waals surface area contributed by atoms with Crippen LogP contribution in [0.1, 0.15) is 39.1 Å². The monoisotopic (exact) mass is 387 g/mol. The van der Waals surface area contributed by atoms with Crippen molar-refractivity contribution in [2.24, 2.45) is 0 Å². The van der Waals surface area contributed by atoms with Gasteiger partial charge in [0.2, 0.25) is 11.1 Å². The number of nitrogens with zero attached hydrogens (tertiary/aromatic N) is 3. The van der Waals surface area contributed by atoms with Gasteiger partial charge in [0, 0.05) is 11.1 Å². The van der Waals surface area contributed by atoms with Crippen LogP contribution in [0, 0.1) is 0 Å². The van der Waals surface area contributed by atoms with Gasteiger partial charge in [-0.05, 0) is 25.1 Å². The fraction of sp³-hybridized carbons (Fsp3) is 0.438. The third-order valence-corrected chi connectivity index (χ3v) is 4.50. The topological polar surface area (TPSA) is 85.8 Å². The summed E-state index contributed by atoms with van der Waals surface area (Å²) < 4.78 is 39.6. The van der Waals surface area contributed by atoms with Gasteiger partial charge < -0.3 is 11.2 Å². The Hall–Kier alpha value is -2.23. The van der Waals surface area contributed by atoms with Gasteiger partial charge in [0.15, 0.2) is 5.82 Å². The van der Waals surface area contributed by atoms with Crippen molar-refractivity contribution in [2.75, 3.05) is 11.2 Å². The molecule has 0 spiro atoms. The number of hydrogen-bond donors (Lipinski definition) is 2. The minimum Gasteiger partial charge on any atom is -0.336 e. The van der Waals surface area contributed by atoms with E-state index in [0.29, 0.717) is 11.0 Å². The zero-order chi connectivity index (χ0) is 19.7. The smallest absolute Gasteiger partial charge is 0.336 e. The van der Waals surface area contributed by atoms with Crippen LogP contribution >= 0.6 is 11.8 Å². The van der Waals surface area contributed by atoms with E-state index in [9.17, 15) is 18.0 Å². The lowest BCUT2D eigenvalue weighted by molar-refractivity contribution is -0.137. The van der Waals surface area contributed by atoms with Crippen LogP contribution in [0.3, 0.4) is 0 Å². The molecule has 0 fully saturated rings. The molecule has 0 saturated carbocycles. The highest BCUT2D eigenvalue weighted by molar-refractivity contribution is 8.00. The minimum absolute atomic E-state index is 0.0712. The highest BCUT2D eigenvalue weighted by atomic mass is 32.2. The molecule has 1 aromatic heterocycles. The van der Waals surface area contributed by atoms with Crippen molar-refractivity contribution in [1.29, 1.82) is 0 Å². The number of halogens is 3. The Balaban J connectivity index is 2.08. The van der Waals surface area contributed by atoms with Crippen molar-refractivity contribution in [3.63, 3.8) is 0 Å². The second-order valence-electron chi connectivity index (χ2n) is 6.75. The van der Waals surface area contributed by atoms with E-state index in [2.05, 4.69) is 15.5 Å². The molecule has 1 unspecified atom stereocenters. The van der Waals surface area contributed by atoms with E-state index >= 15 is 0 Å².